The highest BCUT2D eigenvalue weighted by Gasteiger charge is 2.12. The zero-order valence-electron chi connectivity index (χ0n) is 16.0. The second kappa shape index (κ2) is 11.4. The van der Waals surface area contributed by atoms with Crippen LogP contribution in [0, 0.1) is 0 Å². The number of nitrogens with one attached hydrogen (secondary N) is 1. The lowest BCUT2D eigenvalue weighted by Gasteiger charge is -2.26. The van der Waals surface area contributed by atoms with Crippen molar-refractivity contribution in [2.24, 2.45) is 0 Å². The first-order valence-electron chi connectivity index (χ1n) is 9.68. The molecule has 150 valence electrons. The molecule has 1 fully saturated rings. The predicted molar refractivity (Wildman–Crippen MR) is 102 cm³/mol. The van der Waals surface area contributed by atoms with Gasteiger partial charge in [0.25, 0.3) is 0 Å². The quantitative estimate of drug-likeness (QED) is 0.615. The lowest BCUT2D eigenvalue weighted by Crippen LogP contribution is -2.33. The molecule has 1 heterocycles. The van der Waals surface area contributed by atoms with Gasteiger partial charge in [0, 0.05) is 19.5 Å². The second-order valence-corrected chi connectivity index (χ2v) is 6.64. The number of piperidine rings is 1. The molecule has 2 rings (SSSR count). The summed E-state index contributed by atoms with van der Waals surface area (Å²) in [6.07, 6.45) is 3.65. The molecule has 1 aliphatic heterocycles. The monoisotopic (exact) mass is 378 g/mol. The molecule has 0 saturated carbocycles. The number of carboxylic acids is 1. The Morgan fingerprint density at radius 3 is 2.59 bits per heavy atom. The molecule has 0 aromatic heterocycles. The van der Waals surface area contributed by atoms with Gasteiger partial charge < -0.3 is 19.9 Å². The van der Waals surface area contributed by atoms with Crippen LogP contribution in [0.15, 0.2) is 18.2 Å². The third-order valence-corrected chi connectivity index (χ3v) is 4.48. The molecule has 7 nitrogen and oxygen atoms in total. The highest BCUT2D eigenvalue weighted by Crippen LogP contribution is 2.28. The number of nitrogens with zero attached hydrogens (tertiary/aromatic N) is 1. The standard InChI is InChI=1S/C20H30N2O5/c1-2-26-18-14-16(15-21-19(23)8-9-20(24)25)6-7-17(18)27-13-12-22-10-4-3-5-11-22/h6-7,14H,2-5,8-13,15H2,1H3,(H,21,23)(H,24,25). The van der Waals surface area contributed by atoms with Gasteiger partial charge in [0.2, 0.25) is 5.91 Å². The fourth-order valence-electron chi connectivity index (χ4n) is 3.03. The minimum Gasteiger partial charge on any atom is -0.490 e. The van der Waals surface area contributed by atoms with Crippen LogP contribution in [0.25, 0.3) is 0 Å². The van der Waals surface area contributed by atoms with Crippen LogP contribution in [0.1, 0.15) is 44.6 Å². The van der Waals surface area contributed by atoms with E-state index in [4.69, 9.17) is 14.6 Å². The van der Waals surface area contributed by atoms with Gasteiger partial charge in [-0.2, -0.15) is 0 Å². The molecule has 27 heavy (non-hydrogen) atoms. The Kier molecular flexibility index (Phi) is 8.91. The van der Waals surface area contributed by atoms with E-state index < -0.39 is 5.97 Å². The molecule has 0 radical (unpaired) electrons. The zero-order valence-corrected chi connectivity index (χ0v) is 16.0. The van der Waals surface area contributed by atoms with Gasteiger partial charge >= 0.3 is 5.97 Å². The number of carboxylic acid groups (broad SMARTS) is 1. The molecule has 7 heteroatoms. The van der Waals surface area contributed by atoms with Crippen LogP contribution >= 0.6 is 0 Å². The number of aliphatic carboxylic acids is 1. The van der Waals surface area contributed by atoms with Crippen LogP contribution in [0.4, 0.5) is 0 Å². The van der Waals surface area contributed by atoms with Crippen LogP contribution in [0.3, 0.4) is 0 Å². The van der Waals surface area contributed by atoms with E-state index in [1.54, 1.807) is 0 Å². The van der Waals surface area contributed by atoms with Gasteiger partial charge in [0.15, 0.2) is 11.5 Å². The maximum atomic E-state index is 11.7. The molecule has 0 aliphatic carbocycles. The Balaban J connectivity index is 1.84. The summed E-state index contributed by atoms with van der Waals surface area (Å²) < 4.78 is 11.6. The Bertz CT molecular complexity index is 614. The maximum absolute atomic E-state index is 11.7. The number of benzene rings is 1. The van der Waals surface area contributed by atoms with E-state index >= 15 is 0 Å². The van der Waals surface area contributed by atoms with E-state index in [0.717, 1.165) is 25.2 Å². The Morgan fingerprint density at radius 1 is 1.11 bits per heavy atom. The van der Waals surface area contributed by atoms with E-state index in [9.17, 15) is 9.59 Å². The van der Waals surface area contributed by atoms with Crippen LogP contribution in [0.5, 0.6) is 11.5 Å². The number of carbonyl (C=O) groups is 2. The average molecular weight is 378 g/mol. The zero-order chi connectivity index (χ0) is 19.5. The van der Waals surface area contributed by atoms with Gasteiger partial charge in [0.1, 0.15) is 6.61 Å². The number of amides is 1. The number of rotatable bonds is 11. The van der Waals surface area contributed by atoms with Gasteiger partial charge in [-0.25, -0.2) is 0 Å². The third kappa shape index (κ3) is 7.86. The number of ether oxygens (including phenoxy) is 2. The lowest BCUT2D eigenvalue weighted by molar-refractivity contribution is -0.138. The molecule has 1 amide bonds. The Morgan fingerprint density at radius 2 is 1.89 bits per heavy atom. The van der Waals surface area contributed by atoms with Gasteiger partial charge in [-0.3, -0.25) is 14.5 Å². The summed E-state index contributed by atoms with van der Waals surface area (Å²) in [5.41, 5.74) is 0.880. The van der Waals surface area contributed by atoms with E-state index in [-0.39, 0.29) is 18.7 Å². The summed E-state index contributed by atoms with van der Waals surface area (Å²) in [7, 11) is 0. The van der Waals surface area contributed by atoms with Gasteiger partial charge in [0.05, 0.1) is 13.0 Å². The minimum atomic E-state index is -0.977. The van der Waals surface area contributed by atoms with E-state index in [2.05, 4.69) is 10.2 Å². The summed E-state index contributed by atoms with van der Waals surface area (Å²) in [6, 6.07) is 5.60. The van der Waals surface area contributed by atoms with Gasteiger partial charge in [-0.1, -0.05) is 12.5 Å². The van der Waals surface area contributed by atoms with Crippen molar-refractivity contribution in [1.29, 1.82) is 0 Å². The molecule has 1 aromatic carbocycles. The van der Waals surface area contributed by atoms with Crippen LogP contribution in [0.2, 0.25) is 0 Å². The van der Waals surface area contributed by atoms with Crippen molar-refractivity contribution in [3.8, 4) is 11.5 Å². The molecular formula is C20H30N2O5. The first kappa shape index (κ1) is 21.0. The number of carbonyl (C=O) groups excluding carboxylic acids is 1. The van der Waals surface area contributed by atoms with Crippen molar-refractivity contribution >= 4 is 11.9 Å². The molecule has 1 aliphatic rings. The van der Waals surface area contributed by atoms with Crippen molar-refractivity contribution in [3.05, 3.63) is 23.8 Å². The molecular weight excluding hydrogens is 348 g/mol. The largest absolute Gasteiger partial charge is 0.490 e. The van der Waals surface area contributed by atoms with Gasteiger partial charge in [-0.15, -0.1) is 0 Å². The number of hydrogen-bond acceptors (Lipinski definition) is 5. The van der Waals surface area contributed by atoms with Crippen molar-refractivity contribution in [2.75, 3.05) is 32.8 Å². The molecule has 0 spiro atoms. The predicted octanol–water partition coefficient (Wildman–Crippen LogP) is 2.43. The molecule has 1 saturated heterocycles. The van der Waals surface area contributed by atoms with Gasteiger partial charge in [-0.05, 0) is 50.6 Å². The molecule has 0 unspecified atom stereocenters. The fraction of sp³-hybridized carbons (Fsp3) is 0.600. The summed E-state index contributed by atoms with van der Waals surface area (Å²) in [5, 5.41) is 11.3. The van der Waals surface area contributed by atoms with Crippen LogP contribution in [-0.2, 0) is 16.1 Å². The second-order valence-electron chi connectivity index (χ2n) is 6.64. The van der Waals surface area contributed by atoms with E-state index in [1.165, 1.54) is 19.3 Å². The first-order chi connectivity index (χ1) is 13.1. The number of likely N-dealkylation sites (tertiary alicyclic amines) is 1. The highest BCUT2D eigenvalue weighted by atomic mass is 16.5. The van der Waals surface area contributed by atoms with Crippen LogP contribution < -0.4 is 14.8 Å². The summed E-state index contributed by atoms with van der Waals surface area (Å²) in [4.78, 5) is 24.6. The summed E-state index contributed by atoms with van der Waals surface area (Å²) in [5.74, 6) is 0.107. The van der Waals surface area contributed by atoms with E-state index in [1.807, 2.05) is 25.1 Å². The SMILES string of the molecule is CCOc1cc(CNC(=O)CCC(=O)O)ccc1OCCN1CCCCC1. The van der Waals surface area contributed by atoms with Crippen molar-refractivity contribution in [1.82, 2.24) is 10.2 Å². The first-order valence-corrected chi connectivity index (χ1v) is 9.68. The Labute approximate surface area is 160 Å². The van der Waals surface area contributed by atoms with Crippen LogP contribution in [-0.4, -0.2) is 54.7 Å². The fourth-order valence-corrected chi connectivity index (χ4v) is 3.03. The topological polar surface area (TPSA) is 88.1 Å². The van der Waals surface area contributed by atoms with Crippen molar-refractivity contribution in [3.63, 3.8) is 0 Å². The molecule has 2 N–H and O–H groups in total. The lowest BCUT2D eigenvalue weighted by atomic mass is 10.1. The smallest absolute Gasteiger partial charge is 0.303 e. The number of hydrogen-bond donors (Lipinski definition) is 2. The van der Waals surface area contributed by atoms with Crippen molar-refractivity contribution < 1.29 is 24.2 Å². The normalized spacial score (nSPS) is 14.6. The summed E-state index contributed by atoms with van der Waals surface area (Å²) in [6.45, 7) is 6.57. The molecule has 1 aromatic rings. The van der Waals surface area contributed by atoms with E-state index in [0.29, 0.717) is 31.3 Å². The molecule has 0 atom stereocenters. The van der Waals surface area contributed by atoms with Crippen molar-refractivity contribution in [2.45, 2.75) is 45.6 Å². The third-order valence-electron chi connectivity index (χ3n) is 4.48. The summed E-state index contributed by atoms with van der Waals surface area (Å²) >= 11 is 0. The minimum absolute atomic E-state index is 0.0225. The average Bonchev–Trinajstić information content (AvgIpc) is 2.67. The highest BCUT2D eigenvalue weighted by molar-refractivity contribution is 5.80. The Hall–Kier alpha value is -2.28. The maximum Gasteiger partial charge on any atom is 0.303 e. The molecule has 0 bridgehead atoms.